The van der Waals surface area contributed by atoms with Crippen LogP contribution in [0, 0.1) is 11.8 Å². The van der Waals surface area contributed by atoms with Gasteiger partial charge in [-0.1, -0.05) is 18.5 Å². The van der Waals surface area contributed by atoms with Gasteiger partial charge in [-0.25, -0.2) is 0 Å². The fraction of sp³-hybridized carbons (Fsp3) is 0.300. The van der Waals surface area contributed by atoms with Crippen LogP contribution in [0.4, 0.5) is 11.4 Å². The molecule has 0 radical (unpaired) electrons. The largest absolute Gasteiger partial charge is 0.326 e. The summed E-state index contributed by atoms with van der Waals surface area (Å²) in [5, 5.41) is 3.54. The van der Waals surface area contributed by atoms with E-state index in [9.17, 15) is 9.59 Å². The number of fused-ring (bicyclic) bond motifs is 1. The van der Waals surface area contributed by atoms with Crippen molar-refractivity contribution in [2.45, 2.75) is 18.2 Å². The number of anilines is 2. The zero-order valence-corrected chi connectivity index (χ0v) is 15.9. The second kappa shape index (κ2) is 6.97. The number of carbonyl (C=O) groups is 2. The lowest BCUT2D eigenvalue weighted by Crippen LogP contribution is -2.35. The van der Waals surface area contributed by atoms with E-state index in [0.29, 0.717) is 23.0 Å². The van der Waals surface area contributed by atoms with Crippen LogP contribution >= 0.6 is 23.4 Å². The van der Waals surface area contributed by atoms with Gasteiger partial charge in [0.15, 0.2) is 0 Å². The molecule has 26 heavy (non-hydrogen) atoms. The average molecular weight is 387 g/mol. The molecule has 1 fully saturated rings. The molecule has 2 aromatic carbocycles. The Labute approximate surface area is 161 Å². The van der Waals surface area contributed by atoms with Crippen LogP contribution in [0.2, 0.25) is 5.02 Å². The minimum Gasteiger partial charge on any atom is -0.326 e. The third-order valence-electron chi connectivity index (χ3n) is 4.88. The molecule has 1 saturated carbocycles. The molecule has 1 aliphatic carbocycles. The van der Waals surface area contributed by atoms with E-state index in [2.05, 4.69) is 12.2 Å². The Balaban J connectivity index is 1.50. The summed E-state index contributed by atoms with van der Waals surface area (Å²) in [5.74, 6) is 1.47. The Morgan fingerprint density at radius 2 is 1.92 bits per heavy atom. The van der Waals surface area contributed by atoms with Crippen LogP contribution in [0.3, 0.4) is 0 Å². The molecule has 134 valence electrons. The number of benzene rings is 2. The number of nitrogens with zero attached hydrogens (tertiary/aromatic N) is 1. The predicted molar refractivity (Wildman–Crippen MR) is 106 cm³/mol. The molecule has 1 heterocycles. The fourth-order valence-corrected chi connectivity index (χ4v) is 4.32. The molecule has 0 bridgehead atoms. The van der Waals surface area contributed by atoms with Gasteiger partial charge in [0.25, 0.3) is 5.91 Å². The Morgan fingerprint density at radius 3 is 2.62 bits per heavy atom. The van der Waals surface area contributed by atoms with Gasteiger partial charge >= 0.3 is 0 Å². The van der Waals surface area contributed by atoms with Crippen molar-refractivity contribution >= 4 is 46.6 Å². The van der Waals surface area contributed by atoms with Crippen molar-refractivity contribution < 1.29 is 9.59 Å². The minimum atomic E-state index is -0.0532. The molecule has 4 nitrogen and oxygen atoms in total. The summed E-state index contributed by atoms with van der Waals surface area (Å²) in [5.41, 5.74) is 2.18. The van der Waals surface area contributed by atoms with Gasteiger partial charge in [-0.3, -0.25) is 9.59 Å². The summed E-state index contributed by atoms with van der Waals surface area (Å²) in [4.78, 5) is 27.8. The SMILES string of the molecule is C[C@@H]1C[C@@H]1C(=O)Nc1ccc(C(=O)N2CCSc3ccc(Cl)cc32)cc1. The van der Waals surface area contributed by atoms with Crippen molar-refractivity contribution in [2.75, 3.05) is 22.5 Å². The fourth-order valence-electron chi connectivity index (χ4n) is 3.18. The molecule has 0 spiro atoms. The smallest absolute Gasteiger partial charge is 0.258 e. The first-order valence-corrected chi connectivity index (χ1v) is 10.0. The first-order valence-electron chi connectivity index (χ1n) is 8.68. The van der Waals surface area contributed by atoms with E-state index in [-0.39, 0.29) is 17.7 Å². The van der Waals surface area contributed by atoms with E-state index in [1.165, 1.54) is 0 Å². The number of rotatable bonds is 3. The lowest BCUT2D eigenvalue weighted by atomic mass is 10.1. The number of hydrogen-bond acceptors (Lipinski definition) is 3. The van der Waals surface area contributed by atoms with Crippen LogP contribution in [0.25, 0.3) is 0 Å². The van der Waals surface area contributed by atoms with E-state index in [0.717, 1.165) is 28.4 Å². The zero-order chi connectivity index (χ0) is 18.3. The van der Waals surface area contributed by atoms with E-state index in [1.807, 2.05) is 18.2 Å². The summed E-state index contributed by atoms with van der Waals surface area (Å²) < 4.78 is 0. The van der Waals surface area contributed by atoms with Crippen LogP contribution in [0.1, 0.15) is 23.7 Å². The molecular formula is C20H19ClN2O2S. The van der Waals surface area contributed by atoms with Gasteiger partial charge in [0.2, 0.25) is 5.91 Å². The predicted octanol–water partition coefficient (Wildman–Crippen LogP) is 4.69. The third kappa shape index (κ3) is 3.46. The molecule has 6 heteroatoms. The van der Waals surface area contributed by atoms with Gasteiger partial charge in [-0.2, -0.15) is 0 Å². The Bertz CT molecular complexity index is 869. The Kier molecular flexibility index (Phi) is 4.67. The van der Waals surface area contributed by atoms with Crippen molar-refractivity contribution in [2.24, 2.45) is 11.8 Å². The number of amides is 2. The molecule has 2 atom stereocenters. The number of halogens is 1. The molecule has 2 aliphatic rings. The van der Waals surface area contributed by atoms with Crippen LogP contribution in [0.5, 0.6) is 0 Å². The second-order valence-electron chi connectivity index (χ2n) is 6.80. The van der Waals surface area contributed by atoms with Gasteiger partial charge in [-0.05, 0) is 54.8 Å². The summed E-state index contributed by atoms with van der Waals surface area (Å²) >= 11 is 7.85. The molecule has 0 saturated heterocycles. The summed E-state index contributed by atoms with van der Waals surface area (Å²) in [6.07, 6.45) is 0.956. The number of carbonyl (C=O) groups excluding carboxylic acids is 2. The summed E-state index contributed by atoms with van der Waals surface area (Å²) in [7, 11) is 0. The molecule has 1 N–H and O–H groups in total. The Hall–Kier alpha value is -1.98. The van der Waals surface area contributed by atoms with Gasteiger partial charge in [0.1, 0.15) is 0 Å². The van der Waals surface area contributed by atoms with Crippen LogP contribution in [-0.2, 0) is 4.79 Å². The maximum Gasteiger partial charge on any atom is 0.258 e. The molecular weight excluding hydrogens is 368 g/mol. The highest BCUT2D eigenvalue weighted by Crippen LogP contribution is 2.39. The molecule has 1 aliphatic heterocycles. The molecule has 2 aromatic rings. The van der Waals surface area contributed by atoms with Gasteiger partial charge in [0, 0.05) is 39.4 Å². The third-order valence-corrected chi connectivity index (χ3v) is 6.15. The quantitative estimate of drug-likeness (QED) is 0.832. The van der Waals surface area contributed by atoms with Crippen LogP contribution < -0.4 is 10.2 Å². The van der Waals surface area contributed by atoms with E-state index >= 15 is 0 Å². The maximum atomic E-state index is 13.0. The Morgan fingerprint density at radius 1 is 1.19 bits per heavy atom. The number of nitrogens with one attached hydrogen (secondary N) is 1. The lowest BCUT2D eigenvalue weighted by molar-refractivity contribution is -0.117. The average Bonchev–Trinajstić information content (AvgIpc) is 3.38. The minimum absolute atomic E-state index is 0.0532. The van der Waals surface area contributed by atoms with E-state index in [4.69, 9.17) is 11.6 Å². The van der Waals surface area contributed by atoms with Crippen LogP contribution in [0.15, 0.2) is 47.4 Å². The van der Waals surface area contributed by atoms with Gasteiger partial charge in [-0.15, -0.1) is 11.8 Å². The second-order valence-corrected chi connectivity index (χ2v) is 8.38. The first-order chi connectivity index (χ1) is 12.5. The lowest BCUT2D eigenvalue weighted by Gasteiger charge is -2.29. The molecule has 2 amide bonds. The highest BCUT2D eigenvalue weighted by Gasteiger charge is 2.39. The maximum absolute atomic E-state index is 13.0. The van der Waals surface area contributed by atoms with Crippen molar-refractivity contribution in [1.82, 2.24) is 0 Å². The highest BCUT2D eigenvalue weighted by atomic mass is 35.5. The van der Waals surface area contributed by atoms with Crippen molar-refractivity contribution in [3.63, 3.8) is 0 Å². The van der Waals surface area contributed by atoms with Gasteiger partial charge < -0.3 is 10.2 Å². The monoisotopic (exact) mass is 386 g/mol. The van der Waals surface area contributed by atoms with E-state index < -0.39 is 0 Å². The molecule has 4 rings (SSSR count). The van der Waals surface area contributed by atoms with Crippen LogP contribution in [-0.4, -0.2) is 24.1 Å². The molecule has 0 unspecified atom stereocenters. The zero-order valence-electron chi connectivity index (χ0n) is 14.4. The topological polar surface area (TPSA) is 49.4 Å². The number of hydrogen-bond donors (Lipinski definition) is 1. The first kappa shape index (κ1) is 17.4. The number of thioether (sulfide) groups is 1. The highest BCUT2D eigenvalue weighted by molar-refractivity contribution is 7.99. The normalized spacial score (nSPS) is 21.1. The summed E-state index contributed by atoms with van der Waals surface area (Å²) in [6.45, 7) is 2.72. The van der Waals surface area contributed by atoms with Gasteiger partial charge in [0.05, 0.1) is 5.69 Å². The summed E-state index contributed by atoms with van der Waals surface area (Å²) in [6, 6.07) is 12.7. The standard InChI is InChI=1S/C20H19ClN2O2S/c1-12-10-16(12)19(24)22-15-5-2-13(3-6-15)20(25)23-8-9-26-18-7-4-14(21)11-17(18)23/h2-7,11-12,16H,8-10H2,1H3,(H,22,24)/t12-,16+/m1/s1. The van der Waals surface area contributed by atoms with Crippen molar-refractivity contribution in [3.8, 4) is 0 Å². The van der Waals surface area contributed by atoms with E-state index in [1.54, 1.807) is 40.9 Å². The molecule has 0 aromatic heterocycles. The van der Waals surface area contributed by atoms with Crippen molar-refractivity contribution in [3.05, 3.63) is 53.1 Å². The van der Waals surface area contributed by atoms with Crippen molar-refractivity contribution in [1.29, 1.82) is 0 Å².